The van der Waals surface area contributed by atoms with E-state index in [1.165, 1.54) is 12.8 Å². The van der Waals surface area contributed by atoms with Crippen molar-refractivity contribution in [2.24, 2.45) is 11.7 Å². The first-order valence-electron chi connectivity index (χ1n) is 6.69. The van der Waals surface area contributed by atoms with Gasteiger partial charge in [-0.3, -0.25) is 9.89 Å². The van der Waals surface area contributed by atoms with E-state index in [2.05, 4.69) is 15.5 Å². The number of aromatic amines is 1. The second-order valence-electron chi connectivity index (χ2n) is 5.17. The average molecular weight is 250 g/mol. The van der Waals surface area contributed by atoms with Crippen LogP contribution in [-0.4, -0.2) is 28.7 Å². The minimum atomic E-state index is 0.0480. The number of H-pyrrole nitrogens is 1. The van der Waals surface area contributed by atoms with Crippen LogP contribution in [0.15, 0.2) is 6.07 Å². The number of rotatable bonds is 4. The lowest BCUT2D eigenvalue weighted by molar-refractivity contribution is -0.121. The van der Waals surface area contributed by atoms with Crippen molar-refractivity contribution in [2.45, 2.75) is 45.1 Å². The Bertz CT molecular complexity index is 401. The summed E-state index contributed by atoms with van der Waals surface area (Å²) in [6.07, 6.45) is 4.93. The standard InChI is InChI=1S/C13H22N4O/c1-9-6-11(17-16-9)7-13(18)15-12-5-3-2-4-10(12)8-14/h6,10,12H,2-5,7-8,14H2,1H3,(H,15,18)(H,16,17). The monoisotopic (exact) mass is 250 g/mol. The first kappa shape index (κ1) is 13.1. The number of carbonyl (C=O) groups is 1. The van der Waals surface area contributed by atoms with Crippen LogP contribution in [0.2, 0.25) is 0 Å². The number of nitrogens with zero attached hydrogens (tertiary/aromatic N) is 1. The topological polar surface area (TPSA) is 83.8 Å². The molecule has 1 aromatic heterocycles. The van der Waals surface area contributed by atoms with Crippen molar-refractivity contribution in [1.82, 2.24) is 15.5 Å². The third-order valence-electron chi connectivity index (χ3n) is 3.66. The Labute approximate surface area is 108 Å². The zero-order valence-corrected chi connectivity index (χ0v) is 10.9. The van der Waals surface area contributed by atoms with Gasteiger partial charge in [0, 0.05) is 11.7 Å². The molecule has 1 fully saturated rings. The van der Waals surface area contributed by atoms with Gasteiger partial charge in [-0.2, -0.15) is 5.10 Å². The highest BCUT2D eigenvalue weighted by molar-refractivity contribution is 5.78. The fourth-order valence-corrected chi connectivity index (χ4v) is 2.67. The number of nitrogens with one attached hydrogen (secondary N) is 2. The zero-order valence-electron chi connectivity index (χ0n) is 10.9. The van der Waals surface area contributed by atoms with Gasteiger partial charge in [-0.05, 0) is 38.3 Å². The Morgan fingerprint density at radius 1 is 1.56 bits per heavy atom. The molecule has 0 saturated heterocycles. The molecule has 1 aliphatic rings. The first-order valence-corrected chi connectivity index (χ1v) is 6.69. The van der Waals surface area contributed by atoms with Crippen LogP contribution in [0.1, 0.15) is 37.1 Å². The van der Waals surface area contributed by atoms with Crippen molar-refractivity contribution in [3.63, 3.8) is 0 Å². The minimum absolute atomic E-state index is 0.0480. The summed E-state index contributed by atoms with van der Waals surface area (Å²) in [6.45, 7) is 2.59. The van der Waals surface area contributed by atoms with E-state index in [0.717, 1.165) is 24.2 Å². The van der Waals surface area contributed by atoms with E-state index in [4.69, 9.17) is 5.73 Å². The molecule has 1 aromatic rings. The summed E-state index contributed by atoms with van der Waals surface area (Å²) < 4.78 is 0. The van der Waals surface area contributed by atoms with E-state index < -0.39 is 0 Å². The molecular formula is C13H22N4O. The number of aryl methyl sites for hydroxylation is 1. The van der Waals surface area contributed by atoms with Gasteiger partial charge >= 0.3 is 0 Å². The molecule has 100 valence electrons. The molecule has 2 atom stereocenters. The first-order chi connectivity index (χ1) is 8.69. The number of hydrogen-bond acceptors (Lipinski definition) is 3. The van der Waals surface area contributed by atoms with Gasteiger partial charge in [0.1, 0.15) is 0 Å². The molecule has 4 N–H and O–H groups in total. The Hall–Kier alpha value is -1.36. The van der Waals surface area contributed by atoms with Gasteiger partial charge in [0.05, 0.1) is 12.1 Å². The predicted molar refractivity (Wildman–Crippen MR) is 70.0 cm³/mol. The zero-order chi connectivity index (χ0) is 13.0. The highest BCUT2D eigenvalue weighted by Crippen LogP contribution is 2.23. The van der Waals surface area contributed by atoms with Crippen LogP contribution in [0.3, 0.4) is 0 Å². The quantitative estimate of drug-likeness (QED) is 0.742. The fraction of sp³-hybridized carbons (Fsp3) is 0.692. The number of aromatic nitrogens is 2. The molecular weight excluding hydrogens is 228 g/mol. The normalized spacial score (nSPS) is 23.9. The van der Waals surface area contributed by atoms with Crippen LogP contribution in [-0.2, 0) is 11.2 Å². The Morgan fingerprint density at radius 3 is 3.00 bits per heavy atom. The van der Waals surface area contributed by atoms with Crippen LogP contribution in [0.25, 0.3) is 0 Å². The van der Waals surface area contributed by atoms with E-state index in [0.29, 0.717) is 18.9 Å². The summed E-state index contributed by atoms with van der Waals surface area (Å²) in [5.74, 6) is 0.482. The molecule has 0 bridgehead atoms. The number of hydrogen-bond donors (Lipinski definition) is 3. The van der Waals surface area contributed by atoms with Crippen LogP contribution in [0.4, 0.5) is 0 Å². The van der Waals surface area contributed by atoms with Crippen molar-refractivity contribution < 1.29 is 4.79 Å². The second kappa shape index (κ2) is 6.00. The highest BCUT2D eigenvalue weighted by Gasteiger charge is 2.25. The average Bonchev–Trinajstić information content (AvgIpc) is 2.75. The van der Waals surface area contributed by atoms with Crippen LogP contribution < -0.4 is 11.1 Å². The van der Waals surface area contributed by atoms with Crippen molar-refractivity contribution in [2.75, 3.05) is 6.54 Å². The molecule has 5 heteroatoms. The van der Waals surface area contributed by atoms with E-state index in [9.17, 15) is 4.79 Å². The van der Waals surface area contributed by atoms with Crippen molar-refractivity contribution >= 4 is 5.91 Å². The van der Waals surface area contributed by atoms with Gasteiger partial charge in [0.2, 0.25) is 5.91 Å². The minimum Gasteiger partial charge on any atom is -0.353 e. The van der Waals surface area contributed by atoms with E-state index in [-0.39, 0.29) is 11.9 Å². The van der Waals surface area contributed by atoms with Gasteiger partial charge in [0.25, 0.3) is 0 Å². The van der Waals surface area contributed by atoms with Crippen molar-refractivity contribution in [1.29, 1.82) is 0 Å². The van der Waals surface area contributed by atoms with E-state index in [1.807, 2.05) is 13.0 Å². The van der Waals surface area contributed by atoms with E-state index in [1.54, 1.807) is 0 Å². The fourth-order valence-electron chi connectivity index (χ4n) is 2.67. The lowest BCUT2D eigenvalue weighted by atomic mass is 9.84. The molecule has 5 nitrogen and oxygen atoms in total. The molecule has 2 rings (SSSR count). The van der Waals surface area contributed by atoms with Gasteiger partial charge in [-0.15, -0.1) is 0 Å². The highest BCUT2D eigenvalue weighted by atomic mass is 16.1. The molecule has 0 aromatic carbocycles. The second-order valence-corrected chi connectivity index (χ2v) is 5.17. The Kier molecular flexibility index (Phi) is 4.36. The Morgan fingerprint density at radius 2 is 2.33 bits per heavy atom. The van der Waals surface area contributed by atoms with E-state index >= 15 is 0 Å². The summed E-state index contributed by atoms with van der Waals surface area (Å²) >= 11 is 0. The van der Waals surface area contributed by atoms with Crippen LogP contribution in [0.5, 0.6) is 0 Å². The Balaban J connectivity index is 1.86. The maximum Gasteiger partial charge on any atom is 0.226 e. The lowest BCUT2D eigenvalue weighted by Gasteiger charge is -2.31. The number of carbonyl (C=O) groups excluding carboxylic acids is 1. The largest absolute Gasteiger partial charge is 0.353 e. The number of nitrogens with two attached hydrogens (primary N) is 1. The van der Waals surface area contributed by atoms with Gasteiger partial charge < -0.3 is 11.1 Å². The van der Waals surface area contributed by atoms with Crippen molar-refractivity contribution in [3.05, 3.63) is 17.5 Å². The molecule has 1 amide bonds. The van der Waals surface area contributed by atoms with Gasteiger partial charge in [-0.1, -0.05) is 12.8 Å². The molecule has 0 spiro atoms. The lowest BCUT2D eigenvalue weighted by Crippen LogP contribution is -2.45. The maximum atomic E-state index is 11.9. The van der Waals surface area contributed by atoms with Gasteiger partial charge in [-0.25, -0.2) is 0 Å². The predicted octanol–water partition coefficient (Wildman–Crippen LogP) is 0.894. The molecule has 0 radical (unpaired) electrons. The smallest absolute Gasteiger partial charge is 0.226 e. The third kappa shape index (κ3) is 3.32. The van der Waals surface area contributed by atoms with Gasteiger partial charge in [0.15, 0.2) is 0 Å². The molecule has 1 heterocycles. The summed E-state index contributed by atoms with van der Waals surface area (Å²) in [6, 6.07) is 2.15. The molecule has 18 heavy (non-hydrogen) atoms. The maximum absolute atomic E-state index is 11.9. The molecule has 0 aliphatic heterocycles. The number of amides is 1. The van der Waals surface area contributed by atoms with Crippen LogP contribution >= 0.6 is 0 Å². The molecule has 1 saturated carbocycles. The molecule has 1 aliphatic carbocycles. The summed E-state index contributed by atoms with van der Waals surface area (Å²) in [5, 5.41) is 10.0. The van der Waals surface area contributed by atoms with Crippen molar-refractivity contribution in [3.8, 4) is 0 Å². The molecule has 2 unspecified atom stereocenters. The third-order valence-corrected chi connectivity index (χ3v) is 3.66. The summed E-state index contributed by atoms with van der Waals surface area (Å²) in [4.78, 5) is 11.9. The van der Waals surface area contributed by atoms with Crippen LogP contribution in [0, 0.1) is 12.8 Å². The summed E-state index contributed by atoms with van der Waals surface area (Å²) in [7, 11) is 0. The SMILES string of the molecule is Cc1cc(CC(=O)NC2CCCCC2CN)n[nH]1. The summed E-state index contributed by atoms with van der Waals surface area (Å²) in [5.41, 5.74) is 7.53.